The highest BCUT2D eigenvalue weighted by Crippen LogP contribution is 2.34. The maximum atomic E-state index is 11.5. The molecule has 0 spiro atoms. The molecule has 1 N–H and O–H groups in total. The van der Waals surface area contributed by atoms with E-state index in [0.29, 0.717) is 0 Å². The molecule has 0 amide bonds. The van der Waals surface area contributed by atoms with Crippen LogP contribution in [-0.4, -0.2) is 29.6 Å². The first-order valence-corrected chi connectivity index (χ1v) is 14.7. The van der Waals surface area contributed by atoms with Crippen molar-refractivity contribution in [3.63, 3.8) is 0 Å². The molecule has 2 nitrogen and oxygen atoms in total. The van der Waals surface area contributed by atoms with Gasteiger partial charge in [0.2, 0.25) is 0 Å². The highest BCUT2D eigenvalue weighted by atomic mass is 35.5. The first kappa shape index (κ1) is 30.1. The summed E-state index contributed by atoms with van der Waals surface area (Å²) in [6.07, 6.45) is 20.5. The normalized spacial score (nSPS) is 14.2. The van der Waals surface area contributed by atoms with Crippen molar-refractivity contribution in [1.29, 1.82) is 0 Å². The molecule has 0 saturated carbocycles. The first-order chi connectivity index (χ1) is 16.7. The fourth-order valence-electron chi connectivity index (χ4n) is 5.80. The molecular weight excluding hydrogens is 450 g/mol. The summed E-state index contributed by atoms with van der Waals surface area (Å²) < 4.78 is 0. The van der Waals surface area contributed by atoms with Gasteiger partial charge in [-0.1, -0.05) is 108 Å². The number of rotatable bonds is 17. The van der Waals surface area contributed by atoms with E-state index < -0.39 is 6.10 Å². The molecule has 0 bridgehead atoms. The smallest absolute Gasteiger partial charge is 0.0923 e. The van der Waals surface area contributed by atoms with Gasteiger partial charge in [-0.3, -0.25) is 0 Å². The van der Waals surface area contributed by atoms with Gasteiger partial charge in [0.05, 0.1) is 6.10 Å². The SMILES string of the molecule is CCCCCCCCN(CCCCCCCC)CC(O)c1cc2c(c3ccccc13)CCCC2.Cl. The van der Waals surface area contributed by atoms with Crippen LogP contribution in [0.1, 0.15) is 127 Å². The van der Waals surface area contributed by atoms with E-state index in [1.165, 1.54) is 125 Å². The van der Waals surface area contributed by atoms with E-state index in [2.05, 4.69) is 49.1 Å². The van der Waals surface area contributed by atoms with Gasteiger partial charge in [-0.15, -0.1) is 12.4 Å². The zero-order chi connectivity index (χ0) is 24.0. The zero-order valence-corrected chi connectivity index (χ0v) is 23.5. The summed E-state index contributed by atoms with van der Waals surface area (Å²) in [6.45, 7) is 7.59. The molecule has 2 aromatic rings. The Morgan fingerprint density at radius 3 is 1.91 bits per heavy atom. The number of hydrogen-bond donors (Lipinski definition) is 1. The minimum atomic E-state index is -0.405. The lowest BCUT2D eigenvalue weighted by Gasteiger charge is -2.27. The van der Waals surface area contributed by atoms with Crippen LogP contribution < -0.4 is 0 Å². The number of aliphatic hydroxyl groups excluding tert-OH is 1. The van der Waals surface area contributed by atoms with Crippen molar-refractivity contribution >= 4 is 23.2 Å². The van der Waals surface area contributed by atoms with Crippen LogP contribution in [0.15, 0.2) is 30.3 Å². The van der Waals surface area contributed by atoms with Gasteiger partial charge in [-0.05, 0) is 79.1 Å². The second kappa shape index (κ2) is 17.4. The van der Waals surface area contributed by atoms with Crippen molar-refractivity contribution < 1.29 is 5.11 Å². The highest BCUT2D eigenvalue weighted by Gasteiger charge is 2.20. The summed E-state index contributed by atoms with van der Waals surface area (Å²) in [5, 5.41) is 14.1. The van der Waals surface area contributed by atoms with Gasteiger partial charge in [0.25, 0.3) is 0 Å². The molecule has 3 heteroatoms. The third kappa shape index (κ3) is 9.71. The van der Waals surface area contributed by atoms with Gasteiger partial charge < -0.3 is 10.0 Å². The lowest BCUT2D eigenvalue weighted by molar-refractivity contribution is 0.111. The molecule has 0 saturated heterocycles. The Labute approximate surface area is 222 Å². The topological polar surface area (TPSA) is 23.5 Å². The van der Waals surface area contributed by atoms with Gasteiger partial charge in [0.15, 0.2) is 0 Å². The summed E-state index contributed by atoms with van der Waals surface area (Å²) in [5.41, 5.74) is 4.18. The molecule has 198 valence electrons. The third-order valence-electron chi connectivity index (χ3n) is 7.85. The molecule has 0 aromatic heterocycles. The Balaban J connectivity index is 0.00000432. The van der Waals surface area contributed by atoms with Gasteiger partial charge in [-0.25, -0.2) is 0 Å². The predicted octanol–water partition coefficient (Wildman–Crippen LogP) is 9.20. The van der Waals surface area contributed by atoms with Crippen molar-refractivity contribution in [3.05, 3.63) is 47.0 Å². The number of aryl methyl sites for hydroxylation is 2. The zero-order valence-electron chi connectivity index (χ0n) is 22.7. The highest BCUT2D eigenvalue weighted by molar-refractivity contribution is 5.90. The summed E-state index contributed by atoms with van der Waals surface area (Å²) in [4.78, 5) is 2.57. The minimum absolute atomic E-state index is 0. The van der Waals surface area contributed by atoms with Crippen LogP contribution in [0.4, 0.5) is 0 Å². The summed E-state index contributed by atoms with van der Waals surface area (Å²) >= 11 is 0. The molecule has 35 heavy (non-hydrogen) atoms. The van der Waals surface area contributed by atoms with Crippen molar-refractivity contribution in [2.24, 2.45) is 0 Å². The van der Waals surface area contributed by atoms with Crippen LogP contribution in [-0.2, 0) is 12.8 Å². The molecular formula is C32H52ClNO. The fourth-order valence-corrected chi connectivity index (χ4v) is 5.80. The molecule has 2 aromatic carbocycles. The van der Waals surface area contributed by atoms with Crippen molar-refractivity contribution in [1.82, 2.24) is 4.90 Å². The molecule has 1 unspecified atom stereocenters. The Morgan fingerprint density at radius 2 is 1.29 bits per heavy atom. The van der Waals surface area contributed by atoms with Crippen LogP contribution in [0.3, 0.4) is 0 Å². The molecule has 0 aliphatic heterocycles. The maximum absolute atomic E-state index is 11.5. The van der Waals surface area contributed by atoms with E-state index >= 15 is 0 Å². The van der Waals surface area contributed by atoms with Gasteiger partial charge in [-0.2, -0.15) is 0 Å². The maximum Gasteiger partial charge on any atom is 0.0923 e. The molecule has 3 rings (SSSR count). The van der Waals surface area contributed by atoms with E-state index in [-0.39, 0.29) is 12.4 Å². The van der Waals surface area contributed by atoms with Crippen LogP contribution in [0.2, 0.25) is 0 Å². The van der Waals surface area contributed by atoms with Crippen LogP contribution in [0.5, 0.6) is 0 Å². The molecule has 0 fully saturated rings. The van der Waals surface area contributed by atoms with Crippen molar-refractivity contribution in [2.75, 3.05) is 19.6 Å². The van der Waals surface area contributed by atoms with E-state index in [1.807, 2.05) is 0 Å². The molecule has 1 aliphatic carbocycles. The van der Waals surface area contributed by atoms with Gasteiger partial charge >= 0.3 is 0 Å². The molecule has 1 atom stereocenters. The van der Waals surface area contributed by atoms with E-state index in [0.717, 1.165) is 25.2 Å². The molecule has 0 heterocycles. The predicted molar refractivity (Wildman–Crippen MR) is 156 cm³/mol. The van der Waals surface area contributed by atoms with Crippen molar-refractivity contribution in [3.8, 4) is 0 Å². The summed E-state index contributed by atoms with van der Waals surface area (Å²) in [7, 11) is 0. The fraction of sp³-hybridized carbons (Fsp3) is 0.688. The molecule has 0 radical (unpaired) electrons. The number of fused-ring (bicyclic) bond motifs is 3. The number of halogens is 1. The van der Waals surface area contributed by atoms with Crippen LogP contribution in [0.25, 0.3) is 10.8 Å². The Kier molecular flexibility index (Phi) is 15.0. The average Bonchev–Trinajstić information content (AvgIpc) is 2.87. The summed E-state index contributed by atoms with van der Waals surface area (Å²) in [5.74, 6) is 0. The minimum Gasteiger partial charge on any atom is -0.387 e. The number of unbranched alkanes of at least 4 members (excludes halogenated alkanes) is 10. The Bertz CT molecular complexity index is 820. The lowest BCUT2D eigenvalue weighted by atomic mass is 9.84. The van der Waals surface area contributed by atoms with E-state index in [4.69, 9.17) is 0 Å². The standard InChI is InChI=1S/C32H51NO.ClH/c1-3-5-7-9-11-17-23-33(24-18-12-10-8-6-4-2)26-32(34)31-25-27-19-13-14-20-28(27)29-21-15-16-22-30(29)31;/h15-16,21-22,25,32,34H,3-14,17-20,23-24,26H2,1-2H3;1H. The largest absolute Gasteiger partial charge is 0.387 e. The lowest BCUT2D eigenvalue weighted by Crippen LogP contribution is -2.31. The van der Waals surface area contributed by atoms with Gasteiger partial charge in [0, 0.05) is 6.54 Å². The van der Waals surface area contributed by atoms with Gasteiger partial charge in [0.1, 0.15) is 0 Å². The summed E-state index contributed by atoms with van der Waals surface area (Å²) in [6, 6.07) is 11.2. The number of hydrogen-bond acceptors (Lipinski definition) is 2. The quantitative estimate of drug-likeness (QED) is 0.218. The number of aliphatic hydroxyl groups is 1. The van der Waals surface area contributed by atoms with E-state index in [9.17, 15) is 5.11 Å². The monoisotopic (exact) mass is 501 g/mol. The Hall–Kier alpha value is -1.09. The number of nitrogens with zero attached hydrogens (tertiary/aromatic N) is 1. The van der Waals surface area contributed by atoms with E-state index in [1.54, 1.807) is 0 Å². The second-order valence-electron chi connectivity index (χ2n) is 10.7. The molecule has 1 aliphatic rings. The Morgan fingerprint density at radius 1 is 0.743 bits per heavy atom. The third-order valence-corrected chi connectivity index (χ3v) is 7.85. The first-order valence-electron chi connectivity index (χ1n) is 14.7. The van der Waals surface area contributed by atoms with Crippen LogP contribution in [0, 0.1) is 0 Å². The van der Waals surface area contributed by atoms with Crippen molar-refractivity contribution in [2.45, 2.75) is 123 Å². The second-order valence-corrected chi connectivity index (χ2v) is 10.7. The number of benzene rings is 2. The average molecular weight is 502 g/mol. The van der Waals surface area contributed by atoms with Crippen LogP contribution >= 0.6 is 12.4 Å².